The number of aliphatic hydroxyl groups is 1. The third-order valence-electron chi connectivity index (χ3n) is 2.11. The molecule has 0 aromatic carbocycles. The predicted molar refractivity (Wildman–Crippen MR) is 54.4 cm³/mol. The molecule has 3 nitrogen and oxygen atoms in total. The third kappa shape index (κ3) is 1.90. The first kappa shape index (κ1) is 11.0. The van der Waals surface area contributed by atoms with Crippen LogP contribution in [-0.2, 0) is 0 Å². The highest BCUT2D eigenvalue weighted by atomic mass is 35.5. The van der Waals surface area contributed by atoms with Crippen LogP contribution in [0.1, 0.15) is 6.42 Å². The molecule has 0 heterocycles. The highest BCUT2D eigenvalue weighted by Gasteiger charge is 2.48. The van der Waals surface area contributed by atoms with E-state index < -0.39 is 16.1 Å². The van der Waals surface area contributed by atoms with Gasteiger partial charge in [0.25, 0.3) is 0 Å². The molecule has 0 amide bonds. The minimum absolute atomic E-state index is 0.407. The van der Waals surface area contributed by atoms with Crippen LogP contribution in [0.25, 0.3) is 0 Å². The van der Waals surface area contributed by atoms with Gasteiger partial charge in [-0.05, 0) is 6.42 Å². The maximum absolute atomic E-state index is 9.77. The Hall–Kier alpha value is -0.0600. The number of alkyl halides is 2. The van der Waals surface area contributed by atoms with Gasteiger partial charge in [-0.25, -0.2) is 0 Å². The fourth-order valence-electron chi connectivity index (χ4n) is 1.15. The number of allylic oxidation sites excluding steroid dienone is 2. The first-order chi connectivity index (χ1) is 5.90. The van der Waals surface area contributed by atoms with Crippen molar-refractivity contribution in [1.82, 2.24) is 0 Å². The first-order valence-corrected chi connectivity index (χ1v) is 4.66. The number of hydrogen-bond acceptors (Lipinski definition) is 3. The van der Waals surface area contributed by atoms with Gasteiger partial charge in [-0.3, -0.25) is 0 Å². The standard InChI is InChI=1S/C8H12Cl2N2O/c9-6(11)8(10,13)7(12)4-2-1-3-5-7/h1-4,6,13H,5,11-12H2. The SMILES string of the molecule is NC(Cl)C(O)(Cl)C1(N)C=CC=CC1. The van der Waals surface area contributed by atoms with E-state index in [1.165, 1.54) is 0 Å². The number of hydrogen-bond donors (Lipinski definition) is 3. The Morgan fingerprint density at radius 3 is 2.54 bits per heavy atom. The van der Waals surface area contributed by atoms with Crippen LogP contribution in [0.2, 0.25) is 0 Å². The normalized spacial score (nSPS) is 34.2. The molecule has 13 heavy (non-hydrogen) atoms. The molecule has 1 rings (SSSR count). The van der Waals surface area contributed by atoms with Crippen LogP contribution in [-0.4, -0.2) is 21.2 Å². The number of halogens is 2. The van der Waals surface area contributed by atoms with E-state index in [9.17, 15) is 5.11 Å². The van der Waals surface area contributed by atoms with E-state index in [-0.39, 0.29) is 0 Å². The smallest absolute Gasteiger partial charge is 0.189 e. The second-order valence-electron chi connectivity index (χ2n) is 3.11. The van der Waals surface area contributed by atoms with Crippen LogP contribution in [0.3, 0.4) is 0 Å². The van der Waals surface area contributed by atoms with Crippen LogP contribution in [0, 0.1) is 0 Å². The van der Waals surface area contributed by atoms with E-state index in [1.807, 2.05) is 6.08 Å². The van der Waals surface area contributed by atoms with Gasteiger partial charge in [-0.2, -0.15) is 0 Å². The summed E-state index contributed by atoms with van der Waals surface area (Å²) in [5, 5.41) is 7.94. The molecule has 0 radical (unpaired) electrons. The molecule has 0 saturated heterocycles. The van der Waals surface area contributed by atoms with Crippen LogP contribution in [0.15, 0.2) is 24.3 Å². The summed E-state index contributed by atoms with van der Waals surface area (Å²) in [4.78, 5) is 0. The average Bonchev–Trinajstić information content (AvgIpc) is 2.05. The van der Waals surface area contributed by atoms with Crippen molar-refractivity contribution in [3.05, 3.63) is 24.3 Å². The van der Waals surface area contributed by atoms with Gasteiger partial charge in [0, 0.05) is 0 Å². The Morgan fingerprint density at radius 2 is 2.15 bits per heavy atom. The molecule has 1 aliphatic carbocycles. The van der Waals surface area contributed by atoms with Crippen LogP contribution >= 0.6 is 23.2 Å². The Balaban J connectivity index is 2.92. The van der Waals surface area contributed by atoms with E-state index in [0.29, 0.717) is 6.42 Å². The summed E-state index contributed by atoms with van der Waals surface area (Å²) in [6.45, 7) is 0. The summed E-state index contributed by atoms with van der Waals surface area (Å²) in [6.07, 6.45) is 7.33. The average molecular weight is 223 g/mol. The Morgan fingerprint density at radius 1 is 1.54 bits per heavy atom. The van der Waals surface area contributed by atoms with Gasteiger partial charge < -0.3 is 16.6 Å². The zero-order valence-electron chi connectivity index (χ0n) is 6.95. The van der Waals surface area contributed by atoms with Gasteiger partial charge in [0.1, 0.15) is 5.50 Å². The molecule has 3 atom stereocenters. The van der Waals surface area contributed by atoms with Crippen LogP contribution in [0.5, 0.6) is 0 Å². The number of rotatable bonds is 2. The summed E-state index contributed by atoms with van der Waals surface area (Å²) in [6, 6.07) is 0. The number of nitrogens with two attached hydrogens (primary N) is 2. The molecular formula is C8H12Cl2N2O. The maximum Gasteiger partial charge on any atom is 0.189 e. The van der Waals surface area contributed by atoms with Crippen LogP contribution in [0.4, 0.5) is 0 Å². The van der Waals surface area contributed by atoms with Crippen LogP contribution < -0.4 is 11.5 Å². The lowest BCUT2D eigenvalue weighted by molar-refractivity contribution is 0.0626. The molecule has 5 heteroatoms. The molecule has 0 fully saturated rings. The Kier molecular flexibility index (Phi) is 3.05. The lowest BCUT2D eigenvalue weighted by atomic mass is 9.86. The predicted octanol–water partition coefficient (Wildman–Crippen LogP) is 0.651. The summed E-state index contributed by atoms with van der Waals surface area (Å²) < 4.78 is 0. The second kappa shape index (κ2) is 3.59. The molecule has 0 aromatic heterocycles. The lowest BCUT2D eigenvalue weighted by Gasteiger charge is -2.40. The van der Waals surface area contributed by atoms with Gasteiger partial charge >= 0.3 is 0 Å². The van der Waals surface area contributed by atoms with Crippen molar-refractivity contribution < 1.29 is 5.11 Å². The second-order valence-corrected chi connectivity index (χ2v) is 4.15. The van der Waals surface area contributed by atoms with E-state index in [2.05, 4.69) is 0 Å². The van der Waals surface area contributed by atoms with Crippen molar-refractivity contribution in [2.45, 2.75) is 22.5 Å². The minimum Gasteiger partial charge on any atom is -0.371 e. The van der Waals surface area contributed by atoms with Crippen molar-refractivity contribution >= 4 is 23.2 Å². The van der Waals surface area contributed by atoms with E-state index in [1.54, 1.807) is 18.2 Å². The van der Waals surface area contributed by atoms with Crippen molar-refractivity contribution in [3.63, 3.8) is 0 Å². The van der Waals surface area contributed by atoms with Crippen molar-refractivity contribution in [2.75, 3.05) is 0 Å². The largest absolute Gasteiger partial charge is 0.371 e. The van der Waals surface area contributed by atoms with Gasteiger partial charge in [0.15, 0.2) is 5.06 Å². The Bertz CT molecular complexity index is 251. The molecule has 3 unspecified atom stereocenters. The van der Waals surface area contributed by atoms with Gasteiger partial charge in [-0.1, -0.05) is 35.9 Å². The molecule has 1 aliphatic rings. The zero-order chi connectivity index (χ0) is 10.1. The summed E-state index contributed by atoms with van der Waals surface area (Å²) >= 11 is 11.3. The monoisotopic (exact) mass is 222 g/mol. The van der Waals surface area contributed by atoms with E-state index >= 15 is 0 Å². The van der Waals surface area contributed by atoms with Crippen molar-refractivity contribution in [3.8, 4) is 0 Å². The molecule has 0 aliphatic heterocycles. The molecule has 0 saturated carbocycles. The molecule has 0 bridgehead atoms. The van der Waals surface area contributed by atoms with Gasteiger partial charge in [-0.15, -0.1) is 11.6 Å². The minimum atomic E-state index is -1.84. The van der Waals surface area contributed by atoms with Crippen molar-refractivity contribution in [1.29, 1.82) is 0 Å². The fourth-order valence-corrected chi connectivity index (χ4v) is 1.50. The van der Waals surface area contributed by atoms with E-state index in [4.69, 9.17) is 34.7 Å². The lowest BCUT2D eigenvalue weighted by Crippen LogP contribution is -2.62. The molecule has 0 spiro atoms. The summed E-state index contributed by atoms with van der Waals surface area (Å²) in [7, 11) is 0. The van der Waals surface area contributed by atoms with Gasteiger partial charge in [0.2, 0.25) is 0 Å². The molecule has 5 N–H and O–H groups in total. The quantitative estimate of drug-likeness (QED) is 0.475. The highest BCUT2D eigenvalue weighted by molar-refractivity contribution is 6.32. The molecular weight excluding hydrogens is 211 g/mol. The van der Waals surface area contributed by atoms with Crippen molar-refractivity contribution in [2.24, 2.45) is 11.5 Å². The third-order valence-corrected chi connectivity index (χ3v) is 3.13. The highest BCUT2D eigenvalue weighted by Crippen LogP contribution is 2.34. The maximum atomic E-state index is 9.77. The first-order valence-electron chi connectivity index (χ1n) is 3.84. The fraction of sp³-hybridized carbons (Fsp3) is 0.500. The Labute approximate surface area is 87.0 Å². The van der Waals surface area contributed by atoms with E-state index in [0.717, 1.165) is 0 Å². The summed E-state index contributed by atoms with van der Waals surface area (Å²) in [5.41, 5.74) is 8.96. The zero-order valence-corrected chi connectivity index (χ0v) is 8.46. The molecule has 0 aromatic rings. The van der Waals surface area contributed by atoms with Gasteiger partial charge in [0.05, 0.1) is 5.54 Å². The topological polar surface area (TPSA) is 72.3 Å². The summed E-state index contributed by atoms with van der Waals surface area (Å²) in [5.74, 6) is 0. The molecule has 74 valence electrons.